The Morgan fingerprint density at radius 2 is 1.66 bits per heavy atom. The SMILES string of the molecule is CCCCCn1nc(C(=O)Oc2ccc3ccccc3c2)c2ccccc2c1=O. The second-order valence-electron chi connectivity index (χ2n) is 7.03. The summed E-state index contributed by atoms with van der Waals surface area (Å²) in [4.78, 5) is 25.7. The minimum atomic E-state index is -0.569. The lowest BCUT2D eigenvalue weighted by Gasteiger charge is -2.11. The van der Waals surface area contributed by atoms with E-state index in [1.165, 1.54) is 4.68 Å². The number of carbonyl (C=O) groups is 1. The minimum absolute atomic E-state index is 0.157. The van der Waals surface area contributed by atoms with Crippen molar-refractivity contribution >= 4 is 27.5 Å². The van der Waals surface area contributed by atoms with Crippen molar-refractivity contribution in [2.45, 2.75) is 32.7 Å². The van der Waals surface area contributed by atoms with Crippen LogP contribution in [-0.2, 0) is 6.54 Å². The van der Waals surface area contributed by atoms with E-state index in [4.69, 9.17) is 4.74 Å². The Kier molecular flexibility index (Phi) is 5.38. The molecule has 0 aliphatic rings. The number of carbonyl (C=O) groups excluding carboxylic acids is 1. The van der Waals surface area contributed by atoms with Gasteiger partial charge in [-0.05, 0) is 35.4 Å². The standard InChI is InChI=1S/C24H22N2O3/c1-2-3-8-15-26-23(27)21-12-7-6-11-20(21)22(25-26)24(28)29-19-14-13-17-9-4-5-10-18(17)16-19/h4-7,9-14,16H,2-3,8,15H2,1H3. The van der Waals surface area contributed by atoms with Crippen molar-refractivity contribution in [3.8, 4) is 5.75 Å². The van der Waals surface area contributed by atoms with Crippen molar-refractivity contribution in [2.24, 2.45) is 0 Å². The summed E-state index contributed by atoms with van der Waals surface area (Å²) in [6, 6.07) is 20.4. The van der Waals surface area contributed by atoms with Gasteiger partial charge in [0.25, 0.3) is 5.56 Å². The number of hydrogen-bond donors (Lipinski definition) is 0. The van der Waals surface area contributed by atoms with E-state index < -0.39 is 5.97 Å². The molecule has 0 N–H and O–H groups in total. The fraction of sp³-hybridized carbons (Fsp3) is 0.208. The summed E-state index contributed by atoms with van der Waals surface area (Å²) in [7, 11) is 0. The van der Waals surface area contributed by atoms with Crippen LogP contribution in [0.15, 0.2) is 71.5 Å². The van der Waals surface area contributed by atoms with Gasteiger partial charge in [0.1, 0.15) is 5.75 Å². The maximum atomic E-state index is 13.0. The van der Waals surface area contributed by atoms with Crippen LogP contribution in [0.25, 0.3) is 21.5 Å². The molecule has 3 aromatic carbocycles. The zero-order valence-electron chi connectivity index (χ0n) is 16.3. The second kappa shape index (κ2) is 8.27. The highest BCUT2D eigenvalue weighted by Gasteiger charge is 2.18. The highest BCUT2D eigenvalue weighted by atomic mass is 16.5. The first-order valence-electron chi connectivity index (χ1n) is 9.88. The highest BCUT2D eigenvalue weighted by Crippen LogP contribution is 2.22. The van der Waals surface area contributed by atoms with E-state index >= 15 is 0 Å². The Bertz CT molecular complexity index is 1240. The number of aryl methyl sites for hydroxylation is 1. The largest absolute Gasteiger partial charge is 0.422 e. The first-order chi connectivity index (χ1) is 14.2. The van der Waals surface area contributed by atoms with Crippen LogP contribution < -0.4 is 10.3 Å². The number of nitrogens with zero attached hydrogens (tertiary/aromatic N) is 2. The topological polar surface area (TPSA) is 61.2 Å². The monoisotopic (exact) mass is 386 g/mol. The van der Waals surface area contributed by atoms with E-state index in [0.717, 1.165) is 30.0 Å². The zero-order chi connectivity index (χ0) is 20.2. The molecule has 0 saturated carbocycles. The number of rotatable bonds is 6. The normalized spacial score (nSPS) is 11.1. The van der Waals surface area contributed by atoms with Crippen LogP contribution in [0, 0.1) is 0 Å². The van der Waals surface area contributed by atoms with E-state index in [9.17, 15) is 9.59 Å². The molecular weight excluding hydrogens is 364 g/mol. The van der Waals surface area contributed by atoms with Crippen molar-refractivity contribution in [1.29, 1.82) is 0 Å². The Balaban J connectivity index is 1.71. The van der Waals surface area contributed by atoms with Gasteiger partial charge in [-0.2, -0.15) is 5.10 Å². The Hall–Kier alpha value is -3.47. The molecule has 1 aromatic heterocycles. The molecule has 146 valence electrons. The summed E-state index contributed by atoms with van der Waals surface area (Å²) in [5, 5.41) is 7.40. The zero-order valence-corrected chi connectivity index (χ0v) is 16.3. The molecule has 0 amide bonds. The molecule has 0 radical (unpaired) electrons. The third-order valence-corrected chi connectivity index (χ3v) is 4.97. The summed E-state index contributed by atoms with van der Waals surface area (Å²) in [5.41, 5.74) is -0.0242. The van der Waals surface area contributed by atoms with Crippen molar-refractivity contribution in [3.05, 3.63) is 82.8 Å². The molecule has 0 unspecified atom stereocenters. The molecule has 0 spiro atoms. The fourth-order valence-electron chi connectivity index (χ4n) is 3.44. The average molecular weight is 386 g/mol. The number of unbranched alkanes of at least 4 members (excludes halogenated alkanes) is 2. The van der Waals surface area contributed by atoms with Gasteiger partial charge in [-0.15, -0.1) is 0 Å². The van der Waals surface area contributed by atoms with Gasteiger partial charge in [0.15, 0.2) is 5.69 Å². The lowest BCUT2D eigenvalue weighted by Crippen LogP contribution is -2.27. The van der Waals surface area contributed by atoms with E-state index in [-0.39, 0.29) is 11.3 Å². The summed E-state index contributed by atoms with van der Waals surface area (Å²) < 4.78 is 7.00. The summed E-state index contributed by atoms with van der Waals surface area (Å²) in [6.07, 6.45) is 2.87. The summed E-state index contributed by atoms with van der Waals surface area (Å²) in [6.45, 7) is 2.58. The summed E-state index contributed by atoms with van der Waals surface area (Å²) >= 11 is 0. The number of ether oxygens (including phenoxy) is 1. The van der Waals surface area contributed by atoms with Gasteiger partial charge >= 0.3 is 5.97 Å². The van der Waals surface area contributed by atoms with Crippen LogP contribution in [0.4, 0.5) is 0 Å². The average Bonchev–Trinajstić information content (AvgIpc) is 2.75. The first-order valence-corrected chi connectivity index (χ1v) is 9.88. The predicted octanol–water partition coefficient (Wildman–Crippen LogP) is 4.96. The Labute approximate surface area is 168 Å². The van der Waals surface area contributed by atoms with Crippen LogP contribution in [0.2, 0.25) is 0 Å². The predicted molar refractivity (Wildman–Crippen MR) is 114 cm³/mol. The Morgan fingerprint density at radius 1 is 0.931 bits per heavy atom. The van der Waals surface area contributed by atoms with Gasteiger partial charge in [0.05, 0.1) is 5.39 Å². The maximum Gasteiger partial charge on any atom is 0.364 e. The van der Waals surface area contributed by atoms with Crippen molar-refractivity contribution in [3.63, 3.8) is 0 Å². The number of aromatic nitrogens is 2. The van der Waals surface area contributed by atoms with Crippen LogP contribution in [0.5, 0.6) is 5.75 Å². The third-order valence-electron chi connectivity index (χ3n) is 4.97. The number of esters is 1. The molecule has 0 aliphatic carbocycles. The Morgan fingerprint density at radius 3 is 2.45 bits per heavy atom. The van der Waals surface area contributed by atoms with Gasteiger partial charge < -0.3 is 4.74 Å². The van der Waals surface area contributed by atoms with Gasteiger partial charge in [0, 0.05) is 11.9 Å². The van der Waals surface area contributed by atoms with E-state index in [0.29, 0.717) is 23.1 Å². The van der Waals surface area contributed by atoms with Gasteiger partial charge in [-0.25, -0.2) is 9.48 Å². The molecule has 0 saturated heterocycles. The molecule has 0 aliphatic heterocycles. The molecular formula is C24H22N2O3. The molecule has 5 nitrogen and oxygen atoms in total. The van der Waals surface area contributed by atoms with Crippen LogP contribution in [0.3, 0.4) is 0 Å². The van der Waals surface area contributed by atoms with Gasteiger partial charge in [-0.3, -0.25) is 4.79 Å². The first kappa shape index (κ1) is 18.9. The van der Waals surface area contributed by atoms with Crippen LogP contribution >= 0.6 is 0 Å². The van der Waals surface area contributed by atoms with Crippen LogP contribution in [0.1, 0.15) is 36.7 Å². The maximum absolute atomic E-state index is 13.0. The molecule has 0 fully saturated rings. The molecule has 29 heavy (non-hydrogen) atoms. The van der Waals surface area contributed by atoms with Gasteiger partial charge in [0.2, 0.25) is 0 Å². The smallest absolute Gasteiger partial charge is 0.364 e. The van der Waals surface area contributed by atoms with E-state index in [1.807, 2.05) is 36.4 Å². The molecule has 4 rings (SSSR count). The third kappa shape index (κ3) is 3.90. The number of fused-ring (bicyclic) bond motifs is 2. The van der Waals surface area contributed by atoms with Crippen LogP contribution in [-0.4, -0.2) is 15.7 Å². The van der Waals surface area contributed by atoms with E-state index in [2.05, 4.69) is 12.0 Å². The molecule has 4 aromatic rings. The lowest BCUT2D eigenvalue weighted by molar-refractivity contribution is 0.0728. The van der Waals surface area contributed by atoms with E-state index in [1.54, 1.807) is 30.3 Å². The van der Waals surface area contributed by atoms with Crippen molar-refractivity contribution < 1.29 is 9.53 Å². The number of hydrogen-bond acceptors (Lipinski definition) is 4. The minimum Gasteiger partial charge on any atom is -0.422 e. The fourth-order valence-corrected chi connectivity index (χ4v) is 3.44. The summed E-state index contributed by atoms with van der Waals surface area (Å²) in [5.74, 6) is -0.121. The highest BCUT2D eigenvalue weighted by molar-refractivity contribution is 6.03. The molecule has 1 heterocycles. The van der Waals surface area contributed by atoms with Crippen molar-refractivity contribution in [1.82, 2.24) is 9.78 Å². The lowest BCUT2D eigenvalue weighted by atomic mass is 10.1. The molecule has 0 bridgehead atoms. The second-order valence-corrected chi connectivity index (χ2v) is 7.03. The van der Waals surface area contributed by atoms with Crippen molar-refractivity contribution in [2.75, 3.05) is 0 Å². The quantitative estimate of drug-likeness (QED) is 0.267. The number of benzene rings is 3. The molecule has 5 heteroatoms. The molecule has 0 atom stereocenters. The van der Waals surface area contributed by atoms with Gasteiger partial charge in [-0.1, -0.05) is 68.3 Å².